The summed E-state index contributed by atoms with van der Waals surface area (Å²) >= 11 is 0. The first-order chi connectivity index (χ1) is 6.95. The summed E-state index contributed by atoms with van der Waals surface area (Å²) in [5.41, 5.74) is 7.37. The van der Waals surface area contributed by atoms with Crippen molar-refractivity contribution in [2.45, 2.75) is 26.8 Å². The summed E-state index contributed by atoms with van der Waals surface area (Å²) in [6.45, 7) is 5.64. The van der Waals surface area contributed by atoms with Crippen LogP contribution in [0.3, 0.4) is 0 Å². The number of nitro benzene ring substituents is 1. The van der Waals surface area contributed by atoms with Gasteiger partial charge in [0.05, 0.1) is 4.92 Å². The van der Waals surface area contributed by atoms with Crippen LogP contribution in [0.2, 0.25) is 0 Å². The molecule has 2 N–H and O–H groups in total. The Hall–Kier alpha value is -1.42. The molecule has 0 fully saturated rings. The van der Waals surface area contributed by atoms with Gasteiger partial charge in [0.25, 0.3) is 5.69 Å². The average molecular weight is 208 g/mol. The molecule has 1 rings (SSSR count). The number of hydrogen-bond acceptors (Lipinski definition) is 3. The van der Waals surface area contributed by atoms with Gasteiger partial charge in [0.1, 0.15) is 0 Å². The number of nitrogens with two attached hydrogens (primary N) is 1. The second kappa shape index (κ2) is 4.40. The van der Waals surface area contributed by atoms with Crippen molar-refractivity contribution in [1.29, 1.82) is 0 Å². The minimum Gasteiger partial charge on any atom is -0.324 e. The monoisotopic (exact) mass is 208 g/mol. The fourth-order valence-corrected chi connectivity index (χ4v) is 1.56. The highest BCUT2D eigenvalue weighted by Gasteiger charge is 2.23. The molecule has 0 spiro atoms. The topological polar surface area (TPSA) is 69.2 Å². The van der Waals surface area contributed by atoms with E-state index in [-0.39, 0.29) is 22.6 Å². The van der Waals surface area contributed by atoms with Gasteiger partial charge in [0, 0.05) is 17.2 Å². The van der Waals surface area contributed by atoms with Crippen LogP contribution >= 0.6 is 0 Å². The van der Waals surface area contributed by atoms with E-state index in [1.807, 2.05) is 13.8 Å². The molecule has 0 aliphatic rings. The van der Waals surface area contributed by atoms with Crippen LogP contribution in [0.5, 0.6) is 0 Å². The number of rotatable bonds is 3. The molecule has 0 saturated heterocycles. The third kappa shape index (κ3) is 2.33. The second-order valence-corrected chi connectivity index (χ2v) is 4.04. The average Bonchev–Trinajstić information content (AvgIpc) is 2.15. The summed E-state index contributed by atoms with van der Waals surface area (Å²) in [5, 5.41) is 10.9. The van der Waals surface area contributed by atoms with Crippen LogP contribution in [0.15, 0.2) is 18.2 Å². The zero-order valence-electron chi connectivity index (χ0n) is 9.23. The summed E-state index contributed by atoms with van der Waals surface area (Å²) < 4.78 is 0. The molecule has 15 heavy (non-hydrogen) atoms. The van der Waals surface area contributed by atoms with Gasteiger partial charge >= 0.3 is 0 Å². The summed E-state index contributed by atoms with van der Waals surface area (Å²) in [4.78, 5) is 10.6. The molecule has 0 unspecified atom stereocenters. The Morgan fingerprint density at radius 2 is 2.00 bits per heavy atom. The largest absolute Gasteiger partial charge is 0.324 e. The highest BCUT2D eigenvalue weighted by Crippen LogP contribution is 2.30. The van der Waals surface area contributed by atoms with Crippen molar-refractivity contribution in [2.75, 3.05) is 0 Å². The van der Waals surface area contributed by atoms with Crippen LogP contribution in [0, 0.1) is 23.0 Å². The minimum atomic E-state index is -0.354. The molecule has 0 saturated carbocycles. The lowest BCUT2D eigenvalue weighted by atomic mass is 9.94. The van der Waals surface area contributed by atoms with E-state index in [9.17, 15) is 10.1 Å². The van der Waals surface area contributed by atoms with E-state index in [1.165, 1.54) is 0 Å². The van der Waals surface area contributed by atoms with E-state index in [0.717, 1.165) is 0 Å². The molecule has 0 radical (unpaired) electrons. The smallest absolute Gasteiger partial charge is 0.277 e. The Kier molecular flexibility index (Phi) is 3.42. The van der Waals surface area contributed by atoms with E-state index in [4.69, 9.17) is 5.73 Å². The van der Waals surface area contributed by atoms with Crippen molar-refractivity contribution < 1.29 is 4.92 Å². The molecule has 4 nitrogen and oxygen atoms in total. The Labute approximate surface area is 89.2 Å². The van der Waals surface area contributed by atoms with Crippen molar-refractivity contribution in [3.05, 3.63) is 39.4 Å². The molecule has 82 valence electrons. The third-order valence-corrected chi connectivity index (χ3v) is 2.53. The predicted octanol–water partition coefficient (Wildman–Crippen LogP) is 2.56. The molecule has 0 aliphatic heterocycles. The first-order valence-electron chi connectivity index (χ1n) is 4.94. The van der Waals surface area contributed by atoms with Gasteiger partial charge in [0.15, 0.2) is 0 Å². The Balaban J connectivity index is 3.29. The SMILES string of the molecule is Cc1cccc([C@H](N)C(C)C)c1[N+](=O)[O-]. The summed E-state index contributed by atoms with van der Waals surface area (Å²) in [7, 11) is 0. The van der Waals surface area contributed by atoms with Crippen LogP contribution in [0.25, 0.3) is 0 Å². The molecular weight excluding hydrogens is 192 g/mol. The number of hydrogen-bond donors (Lipinski definition) is 1. The van der Waals surface area contributed by atoms with Gasteiger partial charge in [-0.3, -0.25) is 10.1 Å². The van der Waals surface area contributed by atoms with Gasteiger partial charge in [-0.05, 0) is 12.8 Å². The molecule has 0 aromatic heterocycles. The first-order valence-corrected chi connectivity index (χ1v) is 4.94. The number of nitro groups is 1. The van der Waals surface area contributed by atoms with E-state index < -0.39 is 0 Å². The van der Waals surface area contributed by atoms with Crippen molar-refractivity contribution >= 4 is 5.69 Å². The van der Waals surface area contributed by atoms with Crippen LogP contribution in [0.4, 0.5) is 5.69 Å². The number of nitrogens with zero attached hydrogens (tertiary/aromatic N) is 1. The van der Waals surface area contributed by atoms with Gasteiger partial charge in [-0.2, -0.15) is 0 Å². The van der Waals surface area contributed by atoms with Crippen molar-refractivity contribution in [2.24, 2.45) is 11.7 Å². The van der Waals surface area contributed by atoms with Gasteiger partial charge in [-0.15, -0.1) is 0 Å². The molecule has 0 bridgehead atoms. The lowest BCUT2D eigenvalue weighted by Gasteiger charge is -2.16. The van der Waals surface area contributed by atoms with Crippen molar-refractivity contribution in [1.82, 2.24) is 0 Å². The highest BCUT2D eigenvalue weighted by atomic mass is 16.6. The van der Waals surface area contributed by atoms with E-state index >= 15 is 0 Å². The molecule has 1 aromatic rings. The van der Waals surface area contributed by atoms with Crippen molar-refractivity contribution in [3.8, 4) is 0 Å². The highest BCUT2D eigenvalue weighted by molar-refractivity contribution is 5.48. The third-order valence-electron chi connectivity index (χ3n) is 2.53. The summed E-state index contributed by atoms with van der Waals surface area (Å²) in [6.07, 6.45) is 0. The Bertz CT molecular complexity index is 375. The van der Waals surface area contributed by atoms with Crippen LogP contribution in [0.1, 0.15) is 31.0 Å². The minimum absolute atomic E-state index is 0.152. The van der Waals surface area contributed by atoms with Gasteiger partial charge < -0.3 is 5.73 Å². The van der Waals surface area contributed by atoms with Crippen molar-refractivity contribution in [3.63, 3.8) is 0 Å². The van der Waals surface area contributed by atoms with Gasteiger partial charge in [0.2, 0.25) is 0 Å². The Morgan fingerprint density at radius 3 is 2.47 bits per heavy atom. The number of aryl methyl sites for hydroxylation is 1. The normalized spacial score (nSPS) is 12.9. The lowest BCUT2D eigenvalue weighted by Crippen LogP contribution is -2.18. The fourth-order valence-electron chi connectivity index (χ4n) is 1.56. The van der Waals surface area contributed by atoms with E-state index in [1.54, 1.807) is 25.1 Å². The molecule has 1 atom stereocenters. The maximum atomic E-state index is 10.9. The standard InChI is InChI=1S/C11H16N2O2/c1-7(2)10(12)9-6-4-5-8(3)11(9)13(14)15/h4-7,10H,12H2,1-3H3/t10-/m1/s1. The summed E-state index contributed by atoms with van der Waals surface area (Å²) in [6, 6.07) is 4.98. The fraction of sp³-hybridized carbons (Fsp3) is 0.455. The Morgan fingerprint density at radius 1 is 1.40 bits per heavy atom. The molecule has 0 amide bonds. The molecular formula is C11H16N2O2. The summed E-state index contributed by atoms with van der Waals surface area (Å²) in [5.74, 6) is 0.186. The predicted molar refractivity (Wildman–Crippen MR) is 59.6 cm³/mol. The molecule has 0 aliphatic carbocycles. The van der Waals surface area contributed by atoms with E-state index in [2.05, 4.69) is 0 Å². The quantitative estimate of drug-likeness (QED) is 0.613. The zero-order valence-corrected chi connectivity index (χ0v) is 9.23. The van der Waals surface area contributed by atoms with Crippen LogP contribution in [-0.4, -0.2) is 4.92 Å². The lowest BCUT2D eigenvalue weighted by molar-refractivity contribution is -0.386. The second-order valence-electron chi connectivity index (χ2n) is 4.04. The van der Waals surface area contributed by atoms with Crippen LogP contribution in [-0.2, 0) is 0 Å². The van der Waals surface area contributed by atoms with Gasteiger partial charge in [-0.25, -0.2) is 0 Å². The van der Waals surface area contributed by atoms with E-state index in [0.29, 0.717) is 11.1 Å². The molecule has 4 heteroatoms. The van der Waals surface area contributed by atoms with Crippen LogP contribution < -0.4 is 5.73 Å². The maximum absolute atomic E-state index is 10.9. The number of para-hydroxylation sites is 1. The maximum Gasteiger partial charge on any atom is 0.277 e. The molecule has 1 aromatic carbocycles. The zero-order chi connectivity index (χ0) is 11.6. The number of benzene rings is 1. The first kappa shape index (κ1) is 11.7. The molecule has 0 heterocycles. The van der Waals surface area contributed by atoms with Gasteiger partial charge in [-0.1, -0.05) is 32.0 Å².